The maximum Gasteiger partial charge on any atom is 0.137 e. The average molecular weight is 311 g/mol. The first-order valence-corrected chi connectivity index (χ1v) is 7.68. The van der Waals surface area contributed by atoms with Crippen LogP contribution in [0.5, 0.6) is 0 Å². The van der Waals surface area contributed by atoms with Gasteiger partial charge in [0.2, 0.25) is 0 Å². The number of nitrogens with zero attached hydrogens (tertiary/aromatic N) is 4. The van der Waals surface area contributed by atoms with E-state index in [1.165, 1.54) is 0 Å². The van der Waals surface area contributed by atoms with Gasteiger partial charge >= 0.3 is 0 Å². The number of hydrogen-bond acceptors (Lipinski definition) is 4. The second-order valence-electron chi connectivity index (χ2n) is 5.73. The van der Waals surface area contributed by atoms with Crippen molar-refractivity contribution >= 4 is 22.6 Å². The van der Waals surface area contributed by atoms with Gasteiger partial charge < -0.3 is 5.73 Å². The quantitative estimate of drug-likeness (QED) is 0.482. The van der Waals surface area contributed by atoms with Gasteiger partial charge in [0.15, 0.2) is 0 Å². The molecular weight excluding hydrogens is 298 g/mol. The summed E-state index contributed by atoms with van der Waals surface area (Å²) < 4.78 is 1.85. The van der Waals surface area contributed by atoms with Crippen LogP contribution in [0.1, 0.15) is 11.1 Å². The van der Waals surface area contributed by atoms with Crippen LogP contribution in [0.15, 0.2) is 72.1 Å². The number of aliphatic imine (C=N–C) groups is 1. The Balaban J connectivity index is 1.93. The van der Waals surface area contributed by atoms with Crippen molar-refractivity contribution in [3.05, 3.63) is 78.2 Å². The van der Waals surface area contributed by atoms with Crippen molar-refractivity contribution in [3.63, 3.8) is 0 Å². The van der Waals surface area contributed by atoms with Crippen molar-refractivity contribution in [1.82, 2.24) is 14.6 Å². The van der Waals surface area contributed by atoms with E-state index in [1.54, 1.807) is 6.33 Å². The summed E-state index contributed by atoms with van der Waals surface area (Å²) in [5.41, 5.74) is 13.3. The van der Waals surface area contributed by atoms with Crippen molar-refractivity contribution in [2.45, 2.75) is 0 Å². The summed E-state index contributed by atoms with van der Waals surface area (Å²) in [6, 6.07) is 17.9. The smallest absolute Gasteiger partial charge is 0.137 e. The number of nitrogen functional groups attached to an aromatic ring is 1. The molecule has 114 valence electrons. The number of rotatable bonds is 1. The number of aromatic nitrogens is 3. The average Bonchev–Trinajstić information content (AvgIpc) is 2.97. The summed E-state index contributed by atoms with van der Waals surface area (Å²) in [6.45, 7) is 0. The van der Waals surface area contributed by atoms with Crippen molar-refractivity contribution in [1.29, 1.82) is 0 Å². The van der Waals surface area contributed by atoms with Gasteiger partial charge in [-0.3, -0.25) is 0 Å². The van der Waals surface area contributed by atoms with Gasteiger partial charge in [-0.1, -0.05) is 30.3 Å². The van der Waals surface area contributed by atoms with Gasteiger partial charge in [0.1, 0.15) is 17.5 Å². The third-order valence-corrected chi connectivity index (χ3v) is 4.26. The molecule has 0 saturated carbocycles. The molecule has 2 N–H and O–H groups in total. The van der Waals surface area contributed by atoms with Gasteiger partial charge in [-0.2, -0.15) is 5.10 Å². The first-order chi connectivity index (χ1) is 11.8. The van der Waals surface area contributed by atoms with E-state index >= 15 is 0 Å². The molecule has 1 aliphatic heterocycles. The van der Waals surface area contributed by atoms with Crippen LogP contribution in [0.25, 0.3) is 16.8 Å². The lowest BCUT2D eigenvalue weighted by atomic mass is 10.0. The molecule has 0 bridgehead atoms. The summed E-state index contributed by atoms with van der Waals surface area (Å²) >= 11 is 0. The van der Waals surface area contributed by atoms with Crippen molar-refractivity contribution < 1.29 is 0 Å². The Hall–Kier alpha value is -3.47. The number of fused-ring (bicyclic) bond motifs is 2. The summed E-state index contributed by atoms with van der Waals surface area (Å²) in [7, 11) is 0. The molecule has 5 heteroatoms. The fourth-order valence-corrected chi connectivity index (χ4v) is 3.20. The lowest BCUT2D eigenvalue weighted by Crippen LogP contribution is -2.04. The molecule has 1 aliphatic rings. The third-order valence-electron chi connectivity index (χ3n) is 4.26. The highest BCUT2D eigenvalue weighted by molar-refractivity contribution is 6.20. The minimum Gasteiger partial charge on any atom is -0.399 e. The van der Waals surface area contributed by atoms with E-state index in [2.05, 4.69) is 10.1 Å². The zero-order chi connectivity index (χ0) is 16.1. The van der Waals surface area contributed by atoms with E-state index < -0.39 is 0 Å². The fourth-order valence-electron chi connectivity index (χ4n) is 3.20. The number of benzene rings is 2. The summed E-state index contributed by atoms with van der Waals surface area (Å²) in [4.78, 5) is 9.47. The van der Waals surface area contributed by atoms with E-state index in [-0.39, 0.29) is 0 Å². The van der Waals surface area contributed by atoms with E-state index in [4.69, 9.17) is 10.7 Å². The standard InChI is InChI=1S/C19H13N5/c20-13-5-3-4-12(10-13)17-15-8-9-24-19(15)18(21-11-22-24)14-6-1-2-7-16(14)23-17/h1-11H,20H2. The van der Waals surface area contributed by atoms with Crippen molar-refractivity contribution in [2.24, 2.45) is 4.99 Å². The van der Waals surface area contributed by atoms with Crippen molar-refractivity contribution in [2.75, 3.05) is 5.73 Å². The van der Waals surface area contributed by atoms with E-state index in [0.717, 1.165) is 39.3 Å². The summed E-state index contributed by atoms with van der Waals surface area (Å²) in [6.07, 6.45) is 3.51. The third kappa shape index (κ3) is 1.78. The lowest BCUT2D eigenvalue weighted by molar-refractivity contribution is 0.906. The molecule has 3 heterocycles. The number of nitrogens with two attached hydrogens (primary N) is 1. The number of para-hydroxylation sites is 1. The van der Waals surface area contributed by atoms with Gasteiger partial charge in [-0.05, 0) is 24.3 Å². The Morgan fingerprint density at radius 1 is 0.917 bits per heavy atom. The monoisotopic (exact) mass is 311 g/mol. The maximum absolute atomic E-state index is 5.98. The van der Waals surface area contributed by atoms with Gasteiger partial charge in [0, 0.05) is 28.6 Å². The van der Waals surface area contributed by atoms with E-state index in [9.17, 15) is 0 Å². The van der Waals surface area contributed by atoms with Gasteiger partial charge in [0.05, 0.1) is 11.4 Å². The first kappa shape index (κ1) is 13.0. The Morgan fingerprint density at radius 3 is 2.75 bits per heavy atom. The highest BCUT2D eigenvalue weighted by Gasteiger charge is 2.22. The van der Waals surface area contributed by atoms with Gasteiger partial charge in [0.25, 0.3) is 0 Å². The molecule has 2 aromatic carbocycles. The second-order valence-corrected chi connectivity index (χ2v) is 5.73. The van der Waals surface area contributed by atoms with Crippen LogP contribution in [0.4, 0.5) is 11.4 Å². The van der Waals surface area contributed by atoms with Gasteiger partial charge in [-0.15, -0.1) is 0 Å². The minimum absolute atomic E-state index is 0.715. The molecule has 24 heavy (non-hydrogen) atoms. The molecule has 5 nitrogen and oxygen atoms in total. The Labute approximate surface area is 138 Å². The van der Waals surface area contributed by atoms with Crippen LogP contribution >= 0.6 is 0 Å². The van der Waals surface area contributed by atoms with Crippen LogP contribution < -0.4 is 5.73 Å². The second kappa shape index (κ2) is 4.76. The van der Waals surface area contributed by atoms with Crippen molar-refractivity contribution in [3.8, 4) is 11.3 Å². The predicted molar refractivity (Wildman–Crippen MR) is 94.6 cm³/mol. The topological polar surface area (TPSA) is 68.6 Å². The van der Waals surface area contributed by atoms with E-state index in [1.807, 2.05) is 65.3 Å². The molecule has 0 fully saturated rings. The molecular formula is C19H13N5. The Kier molecular flexibility index (Phi) is 2.58. The first-order valence-electron chi connectivity index (χ1n) is 7.68. The highest BCUT2D eigenvalue weighted by Crippen LogP contribution is 2.37. The predicted octanol–water partition coefficient (Wildman–Crippen LogP) is 3.46. The SMILES string of the molecule is Nc1cccc(C2=Nc3ccccc3-c3ncnn4ccc2c34)c1. The molecule has 0 aliphatic carbocycles. The highest BCUT2D eigenvalue weighted by atomic mass is 15.2. The van der Waals surface area contributed by atoms with Crippen LogP contribution in [0.2, 0.25) is 0 Å². The summed E-state index contributed by atoms with van der Waals surface area (Å²) in [5, 5.41) is 4.33. The Morgan fingerprint density at radius 2 is 1.83 bits per heavy atom. The molecule has 0 atom stereocenters. The fraction of sp³-hybridized carbons (Fsp3) is 0. The maximum atomic E-state index is 5.98. The normalized spacial score (nSPS) is 12.6. The van der Waals surface area contributed by atoms with Gasteiger partial charge in [-0.25, -0.2) is 14.5 Å². The number of anilines is 1. The number of hydrogen-bond donors (Lipinski definition) is 1. The molecule has 0 amide bonds. The Bertz CT molecular complexity index is 1120. The zero-order valence-corrected chi connectivity index (χ0v) is 12.7. The minimum atomic E-state index is 0.715. The van der Waals surface area contributed by atoms with Crippen LogP contribution in [-0.4, -0.2) is 20.3 Å². The van der Waals surface area contributed by atoms with Crippen LogP contribution in [0.3, 0.4) is 0 Å². The molecule has 5 rings (SSSR count). The van der Waals surface area contributed by atoms with Crippen LogP contribution in [0, 0.1) is 0 Å². The zero-order valence-electron chi connectivity index (χ0n) is 12.7. The molecule has 0 saturated heterocycles. The molecule has 0 unspecified atom stereocenters. The van der Waals surface area contributed by atoms with Crippen LogP contribution in [-0.2, 0) is 0 Å². The largest absolute Gasteiger partial charge is 0.399 e. The molecule has 2 aromatic heterocycles. The lowest BCUT2D eigenvalue weighted by Gasteiger charge is -2.06. The molecule has 0 radical (unpaired) electrons. The molecule has 0 spiro atoms. The molecule has 4 aromatic rings. The summed E-state index contributed by atoms with van der Waals surface area (Å²) in [5.74, 6) is 0. The van der Waals surface area contributed by atoms with E-state index in [0.29, 0.717) is 5.69 Å².